The lowest BCUT2D eigenvalue weighted by Crippen LogP contribution is -2.03. The van der Waals surface area contributed by atoms with Crippen molar-refractivity contribution in [1.82, 2.24) is 19.9 Å². The van der Waals surface area contributed by atoms with E-state index in [2.05, 4.69) is 19.9 Å². The third-order valence-electron chi connectivity index (χ3n) is 4.41. The van der Waals surface area contributed by atoms with Crippen molar-refractivity contribution in [2.75, 3.05) is 0 Å². The Labute approximate surface area is 187 Å². The minimum atomic E-state index is -0.181. The number of halogens is 1. The van der Waals surface area contributed by atoms with E-state index in [0.29, 0.717) is 38.4 Å². The number of nitrogens with two attached hydrogens (primary N) is 2. The number of hydrogen-bond donors (Lipinski definition) is 5. The fraction of sp³-hybridized carbons (Fsp3) is 0. The van der Waals surface area contributed by atoms with Crippen LogP contribution < -0.4 is 17.0 Å². The number of rotatable bonds is 4. The number of nitrogens with zero attached hydrogens (tertiary/aromatic N) is 3. The highest BCUT2D eigenvalue weighted by Gasteiger charge is 2.03. The molecule has 0 amide bonds. The van der Waals surface area contributed by atoms with Crippen molar-refractivity contribution in [1.29, 1.82) is 10.8 Å². The molecule has 160 valence electrons. The van der Waals surface area contributed by atoms with Gasteiger partial charge in [-0.3, -0.25) is 14.8 Å². The van der Waals surface area contributed by atoms with Gasteiger partial charge in [0.05, 0.1) is 22.1 Å². The number of aromatic amines is 1. The molecule has 0 aliphatic carbocycles. The molecule has 0 atom stereocenters. The molecule has 0 fully saturated rings. The van der Waals surface area contributed by atoms with E-state index in [1.165, 1.54) is 24.7 Å². The third-order valence-corrected chi connectivity index (χ3v) is 4.62. The highest BCUT2D eigenvalue weighted by molar-refractivity contribution is 6.29. The number of aromatic nitrogens is 4. The van der Waals surface area contributed by atoms with Crippen LogP contribution in [0.5, 0.6) is 0 Å². The summed E-state index contributed by atoms with van der Waals surface area (Å²) in [7, 11) is 0. The van der Waals surface area contributed by atoms with Gasteiger partial charge in [0, 0.05) is 65.6 Å². The fourth-order valence-corrected chi connectivity index (χ4v) is 2.94. The van der Waals surface area contributed by atoms with E-state index < -0.39 is 0 Å². The Hall–Kier alpha value is -4.37. The Balaban J connectivity index is 0.000000181. The van der Waals surface area contributed by atoms with Gasteiger partial charge in [-0.1, -0.05) is 11.6 Å². The lowest BCUT2D eigenvalue weighted by molar-refractivity contribution is 1.27. The number of H-pyrrole nitrogens is 1. The van der Waals surface area contributed by atoms with Crippen LogP contribution in [0.3, 0.4) is 0 Å². The van der Waals surface area contributed by atoms with Gasteiger partial charge in [-0.05, 0) is 30.3 Å². The van der Waals surface area contributed by atoms with Crippen LogP contribution in [0, 0.1) is 10.8 Å². The number of nitrogens with one attached hydrogen (secondary N) is 3. The van der Waals surface area contributed by atoms with Crippen LogP contribution in [0.25, 0.3) is 33.2 Å². The summed E-state index contributed by atoms with van der Waals surface area (Å²) in [6.07, 6.45) is 8.28. The van der Waals surface area contributed by atoms with Gasteiger partial charge in [-0.2, -0.15) is 0 Å². The van der Waals surface area contributed by atoms with Crippen molar-refractivity contribution in [2.24, 2.45) is 11.5 Å². The predicted octanol–water partition coefficient (Wildman–Crippen LogP) is 3.10. The summed E-state index contributed by atoms with van der Waals surface area (Å²) in [6.45, 7) is 0. The maximum absolute atomic E-state index is 11.1. The van der Waals surface area contributed by atoms with Crippen molar-refractivity contribution in [2.45, 2.75) is 0 Å². The Morgan fingerprint density at radius 1 is 0.875 bits per heavy atom. The molecule has 0 aliphatic heterocycles. The van der Waals surface area contributed by atoms with Crippen molar-refractivity contribution in [3.05, 3.63) is 87.8 Å². The van der Waals surface area contributed by atoms with Crippen LogP contribution in [0.1, 0.15) is 11.1 Å². The molecule has 32 heavy (non-hydrogen) atoms. The number of fused-ring (bicyclic) bond motifs is 2. The quantitative estimate of drug-likeness (QED) is 0.238. The molecule has 7 N–H and O–H groups in total. The summed E-state index contributed by atoms with van der Waals surface area (Å²) in [5.41, 5.74) is 16.0. The molecule has 0 saturated heterocycles. The van der Waals surface area contributed by atoms with Gasteiger partial charge in [0.1, 0.15) is 5.15 Å². The van der Waals surface area contributed by atoms with E-state index in [4.69, 9.17) is 33.9 Å². The number of pyridine rings is 4. The first kappa shape index (κ1) is 22.3. The highest BCUT2D eigenvalue weighted by Crippen LogP contribution is 2.18. The normalized spacial score (nSPS) is 11.7. The summed E-state index contributed by atoms with van der Waals surface area (Å²) >= 11 is 5.80. The molecule has 0 unspecified atom stereocenters. The third kappa shape index (κ3) is 5.02. The zero-order valence-electron chi connectivity index (χ0n) is 16.7. The van der Waals surface area contributed by atoms with Gasteiger partial charge < -0.3 is 27.3 Å². The molecule has 9 nitrogen and oxygen atoms in total. The lowest BCUT2D eigenvalue weighted by atomic mass is 10.1. The van der Waals surface area contributed by atoms with Gasteiger partial charge >= 0.3 is 0 Å². The molecule has 0 saturated carbocycles. The Morgan fingerprint density at radius 3 is 2.09 bits per heavy atom. The van der Waals surface area contributed by atoms with Crippen molar-refractivity contribution in [3.63, 3.8) is 0 Å². The molecule has 0 radical (unpaired) electrons. The van der Waals surface area contributed by atoms with Crippen LogP contribution >= 0.6 is 11.6 Å². The first-order valence-electron chi connectivity index (χ1n) is 9.26. The largest absolute Gasteiger partial charge is 0.404 e. The minimum Gasteiger partial charge on any atom is -0.404 e. The summed E-state index contributed by atoms with van der Waals surface area (Å²) < 4.78 is 0. The van der Waals surface area contributed by atoms with E-state index in [0.717, 1.165) is 17.3 Å². The Kier molecular flexibility index (Phi) is 7.04. The molecule has 4 rings (SSSR count). The molecular formula is C22H19ClN8O. The Bertz CT molecular complexity index is 1420. The maximum atomic E-state index is 11.1. The second kappa shape index (κ2) is 10.1. The van der Waals surface area contributed by atoms with E-state index >= 15 is 0 Å². The summed E-state index contributed by atoms with van der Waals surface area (Å²) in [5.74, 6) is 0. The van der Waals surface area contributed by atoms with Crippen LogP contribution in [-0.4, -0.2) is 32.4 Å². The second-order valence-corrected chi connectivity index (χ2v) is 6.80. The smallest absolute Gasteiger partial charge is 0.248 e. The standard InChI is InChI=1S/C11H9ClN4.C11H10N4O/c12-11-2-1-9-10(16-11)3-7(6-15-9)8(4-13)5-14;12-4-8(5-13)7-3-10-9(14-6-7)1-2-11(16)15-10/h1-6,13H,14H2;1-6,12H,13H2,(H,15,16)/b8-5+,13-4?;. The zero-order valence-corrected chi connectivity index (χ0v) is 17.5. The van der Waals surface area contributed by atoms with Crippen molar-refractivity contribution >= 4 is 57.2 Å². The van der Waals surface area contributed by atoms with Gasteiger partial charge in [-0.25, -0.2) is 4.98 Å². The number of allylic oxidation sites excluding steroid dienone is 2. The molecule has 10 heteroatoms. The molecule has 0 bridgehead atoms. The van der Waals surface area contributed by atoms with Crippen LogP contribution in [-0.2, 0) is 0 Å². The average molecular weight is 447 g/mol. The fourth-order valence-electron chi connectivity index (χ4n) is 2.79. The maximum Gasteiger partial charge on any atom is 0.248 e. The monoisotopic (exact) mass is 446 g/mol. The summed E-state index contributed by atoms with van der Waals surface area (Å²) in [5, 5.41) is 14.8. The molecule has 0 aliphatic rings. The zero-order chi connectivity index (χ0) is 23.1. The number of hydrogen-bond acceptors (Lipinski definition) is 8. The van der Waals surface area contributed by atoms with E-state index in [9.17, 15) is 4.79 Å². The van der Waals surface area contributed by atoms with E-state index in [-0.39, 0.29) is 5.56 Å². The predicted molar refractivity (Wildman–Crippen MR) is 129 cm³/mol. The summed E-state index contributed by atoms with van der Waals surface area (Å²) in [6, 6.07) is 10.1. The molecule has 4 aromatic heterocycles. The van der Waals surface area contributed by atoms with Crippen LogP contribution in [0.4, 0.5) is 0 Å². The SMILES string of the molecule is N=C/C(=C\N)c1cnc2ccc(Cl)nc2c1.N=CC(=CN)c1cnc2ccc(=O)[nH]c2c1. The topological polar surface area (TPSA) is 171 Å². The van der Waals surface area contributed by atoms with Gasteiger partial charge in [-0.15, -0.1) is 0 Å². The van der Waals surface area contributed by atoms with Crippen molar-refractivity contribution < 1.29 is 0 Å². The van der Waals surface area contributed by atoms with Crippen molar-refractivity contribution in [3.8, 4) is 0 Å². The van der Waals surface area contributed by atoms with E-state index in [1.54, 1.807) is 42.7 Å². The minimum absolute atomic E-state index is 0.181. The van der Waals surface area contributed by atoms with Crippen LogP contribution in [0.2, 0.25) is 5.15 Å². The second-order valence-electron chi connectivity index (χ2n) is 6.41. The van der Waals surface area contributed by atoms with Gasteiger partial charge in [0.25, 0.3) is 0 Å². The molecule has 4 aromatic rings. The first-order chi connectivity index (χ1) is 15.5. The highest BCUT2D eigenvalue weighted by atomic mass is 35.5. The molecule has 4 heterocycles. The average Bonchev–Trinajstić information content (AvgIpc) is 2.80. The molecule has 0 aromatic carbocycles. The summed E-state index contributed by atoms with van der Waals surface area (Å²) in [4.78, 5) is 26.3. The van der Waals surface area contributed by atoms with Gasteiger partial charge in [0.15, 0.2) is 0 Å². The molecule has 0 spiro atoms. The van der Waals surface area contributed by atoms with Gasteiger partial charge in [0.2, 0.25) is 5.56 Å². The van der Waals surface area contributed by atoms with E-state index in [1.807, 2.05) is 0 Å². The van der Waals surface area contributed by atoms with Crippen LogP contribution in [0.15, 0.2) is 66.0 Å². The first-order valence-corrected chi connectivity index (χ1v) is 9.63. The molecular weight excluding hydrogens is 428 g/mol. The lowest BCUT2D eigenvalue weighted by Gasteiger charge is -2.02. The Morgan fingerprint density at radius 2 is 1.47 bits per heavy atom.